The van der Waals surface area contributed by atoms with Crippen molar-refractivity contribution in [1.29, 1.82) is 0 Å². The summed E-state index contributed by atoms with van der Waals surface area (Å²) in [7, 11) is 0. The maximum Gasteiger partial charge on any atom is 0.201 e. The molecule has 0 bridgehead atoms. The average molecular weight is 287 g/mol. The van der Waals surface area contributed by atoms with Crippen molar-refractivity contribution < 1.29 is 4.74 Å². The molecule has 0 aliphatic heterocycles. The first-order chi connectivity index (χ1) is 10.3. The maximum atomic E-state index is 6.16. The summed E-state index contributed by atoms with van der Waals surface area (Å²) in [5, 5.41) is 0. The zero-order valence-electron chi connectivity index (χ0n) is 12.8. The fraction of sp³-hybridized carbons (Fsp3) is 0.588. The standard InChI is InChI=1S/C17H25N3O/c1-2-11-21-15-10-6-9-14-16(15)19-17(18)20(14)12-13-7-4-3-5-8-13/h6,9-10,13H,2-5,7-8,11-12H2,1H3,(H2,18,19). The van der Waals surface area contributed by atoms with Crippen molar-refractivity contribution in [3.63, 3.8) is 0 Å². The van der Waals surface area contributed by atoms with Crippen LogP contribution in [0.3, 0.4) is 0 Å². The van der Waals surface area contributed by atoms with Gasteiger partial charge in [-0.1, -0.05) is 32.3 Å². The number of hydrogen-bond acceptors (Lipinski definition) is 3. The lowest BCUT2D eigenvalue weighted by molar-refractivity contribution is 0.320. The highest BCUT2D eigenvalue weighted by atomic mass is 16.5. The van der Waals surface area contributed by atoms with Gasteiger partial charge in [0, 0.05) is 6.54 Å². The maximum absolute atomic E-state index is 6.16. The van der Waals surface area contributed by atoms with Crippen LogP contribution in [0.1, 0.15) is 45.4 Å². The molecule has 1 aliphatic rings. The number of nitrogens with zero attached hydrogens (tertiary/aromatic N) is 2. The van der Waals surface area contributed by atoms with Gasteiger partial charge in [-0.2, -0.15) is 0 Å². The van der Waals surface area contributed by atoms with Crippen molar-refractivity contribution in [1.82, 2.24) is 9.55 Å². The van der Waals surface area contributed by atoms with Crippen LogP contribution in [0.5, 0.6) is 5.75 Å². The Morgan fingerprint density at radius 1 is 1.29 bits per heavy atom. The second-order valence-corrected chi connectivity index (χ2v) is 6.06. The Balaban J connectivity index is 1.89. The van der Waals surface area contributed by atoms with E-state index in [0.29, 0.717) is 12.6 Å². The lowest BCUT2D eigenvalue weighted by Crippen LogP contribution is -2.15. The first-order valence-electron chi connectivity index (χ1n) is 8.17. The minimum atomic E-state index is 0.614. The summed E-state index contributed by atoms with van der Waals surface area (Å²) in [5.74, 6) is 2.20. The summed E-state index contributed by atoms with van der Waals surface area (Å²) >= 11 is 0. The molecule has 1 aromatic carbocycles. The monoisotopic (exact) mass is 287 g/mol. The number of ether oxygens (including phenoxy) is 1. The Kier molecular flexibility index (Phi) is 4.32. The molecule has 1 fully saturated rings. The Labute approximate surface area is 126 Å². The van der Waals surface area contributed by atoms with Gasteiger partial charge in [0.15, 0.2) is 0 Å². The van der Waals surface area contributed by atoms with Gasteiger partial charge >= 0.3 is 0 Å². The molecule has 1 aromatic heterocycles. The zero-order valence-corrected chi connectivity index (χ0v) is 12.8. The molecule has 21 heavy (non-hydrogen) atoms. The van der Waals surface area contributed by atoms with Gasteiger partial charge in [0.25, 0.3) is 0 Å². The van der Waals surface area contributed by atoms with Gasteiger partial charge in [0.1, 0.15) is 11.3 Å². The van der Waals surface area contributed by atoms with Gasteiger partial charge in [-0.25, -0.2) is 4.98 Å². The number of hydrogen-bond donors (Lipinski definition) is 1. The molecule has 4 nitrogen and oxygen atoms in total. The van der Waals surface area contributed by atoms with Gasteiger partial charge in [-0.15, -0.1) is 0 Å². The first kappa shape index (κ1) is 14.2. The predicted octanol–water partition coefficient (Wildman–Crippen LogP) is 3.99. The van der Waals surface area contributed by atoms with Crippen LogP contribution in [0, 0.1) is 5.92 Å². The summed E-state index contributed by atoms with van der Waals surface area (Å²) in [6.45, 7) is 3.81. The van der Waals surface area contributed by atoms with Crippen LogP contribution in [-0.2, 0) is 6.54 Å². The molecule has 1 saturated carbocycles. The average Bonchev–Trinajstić information content (AvgIpc) is 2.83. The van der Waals surface area contributed by atoms with E-state index >= 15 is 0 Å². The third kappa shape index (κ3) is 2.99. The Bertz CT molecular complexity index is 599. The van der Waals surface area contributed by atoms with E-state index < -0.39 is 0 Å². The summed E-state index contributed by atoms with van der Waals surface area (Å²) < 4.78 is 7.97. The molecular formula is C17H25N3O. The van der Waals surface area contributed by atoms with Crippen LogP contribution in [0.15, 0.2) is 18.2 Å². The summed E-state index contributed by atoms with van der Waals surface area (Å²) in [6, 6.07) is 6.11. The Morgan fingerprint density at radius 2 is 2.10 bits per heavy atom. The normalized spacial score (nSPS) is 16.4. The Morgan fingerprint density at radius 3 is 2.86 bits per heavy atom. The van der Waals surface area contributed by atoms with Crippen LogP contribution in [0.25, 0.3) is 11.0 Å². The van der Waals surface area contributed by atoms with Crippen LogP contribution in [0.4, 0.5) is 5.95 Å². The molecule has 1 aliphatic carbocycles. The number of para-hydroxylation sites is 1. The SMILES string of the molecule is CCCOc1cccc2c1nc(N)n2CC1CCCCC1. The van der Waals surface area contributed by atoms with Gasteiger partial charge in [0.05, 0.1) is 12.1 Å². The summed E-state index contributed by atoms with van der Waals surface area (Å²) in [6.07, 6.45) is 7.70. The van der Waals surface area contributed by atoms with E-state index in [1.807, 2.05) is 12.1 Å². The van der Waals surface area contributed by atoms with Gasteiger partial charge < -0.3 is 15.0 Å². The highest BCUT2D eigenvalue weighted by Crippen LogP contribution is 2.31. The first-order valence-corrected chi connectivity index (χ1v) is 8.17. The van der Waals surface area contributed by atoms with Crippen molar-refractivity contribution in [3.8, 4) is 5.75 Å². The summed E-state index contributed by atoms with van der Waals surface area (Å²) in [5.41, 5.74) is 8.17. The number of nitrogen functional groups attached to an aromatic ring is 1. The number of rotatable bonds is 5. The van der Waals surface area contributed by atoms with E-state index in [-0.39, 0.29) is 0 Å². The predicted molar refractivity (Wildman–Crippen MR) is 86.5 cm³/mol. The van der Waals surface area contributed by atoms with Crippen molar-refractivity contribution in [2.24, 2.45) is 5.92 Å². The third-order valence-electron chi connectivity index (χ3n) is 4.40. The van der Waals surface area contributed by atoms with E-state index in [9.17, 15) is 0 Å². The molecule has 0 spiro atoms. The number of nitrogens with two attached hydrogens (primary N) is 1. The number of fused-ring (bicyclic) bond motifs is 1. The number of aromatic nitrogens is 2. The Hall–Kier alpha value is -1.71. The van der Waals surface area contributed by atoms with Crippen molar-refractivity contribution in [2.75, 3.05) is 12.3 Å². The molecule has 4 heteroatoms. The molecule has 0 unspecified atom stereocenters. The molecule has 1 heterocycles. The van der Waals surface area contributed by atoms with Crippen LogP contribution in [-0.4, -0.2) is 16.2 Å². The summed E-state index contributed by atoms with van der Waals surface area (Å²) in [4.78, 5) is 4.55. The number of anilines is 1. The molecule has 114 valence electrons. The van der Waals surface area contributed by atoms with Crippen LogP contribution < -0.4 is 10.5 Å². The molecule has 2 aromatic rings. The van der Waals surface area contributed by atoms with E-state index in [4.69, 9.17) is 10.5 Å². The minimum Gasteiger partial charge on any atom is -0.491 e. The molecule has 0 saturated heterocycles. The molecular weight excluding hydrogens is 262 g/mol. The second-order valence-electron chi connectivity index (χ2n) is 6.06. The van der Waals surface area contributed by atoms with Crippen LogP contribution in [0.2, 0.25) is 0 Å². The minimum absolute atomic E-state index is 0.614. The highest BCUT2D eigenvalue weighted by Gasteiger charge is 2.18. The fourth-order valence-electron chi connectivity index (χ4n) is 3.29. The van der Waals surface area contributed by atoms with E-state index in [2.05, 4.69) is 22.5 Å². The van der Waals surface area contributed by atoms with E-state index in [1.54, 1.807) is 0 Å². The van der Waals surface area contributed by atoms with E-state index in [0.717, 1.165) is 35.7 Å². The zero-order chi connectivity index (χ0) is 14.7. The largest absolute Gasteiger partial charge is 0.491 e. The topological polar surface area (TPSA) is 53.1 Å². The lowest BCUT2D eigenvalue weighted by Gasteiger charge is -2.22. The molecule has 2 N–H and O–H groups in total. The smallest absolute Gasteiger partial charge is 0.201 e. The van der Waals surface area contributed by atoms with Gasteiger partial charge in [0.2, 0.25) is 5.95 Å². The van der Waals surface area contributed by atoms with Crippen molar-refractivity contribution >= 4 is 17.0 Å². The van der Waals surface area contributed by atoms with Gasteiger partial charge in [-0.3, -0.25) is 0 Å². The van der Waals surface area contributed by atoms with Crippen molar-refractivity contribution in [3.05, 3.63) is 18.2 Å². The molecule has 3 rings (SSSR count). The lowest BCUT2D eigenvalue weighted by atomic mass is 9.89. The number of benzene rings is 1. The van der Waals surface area contributed by atoms with E-state index in [1.165, 1.54) is 32.1 Å². The fourth-order valence-corrected chi connectivity index (χ4v) is 3.29. The van der Waals surface area contributed by atoms with Gasteiger partial charge in [-0.05, 0) is 37.3 Å². The second kappa shape index (κ2) is 6.37. The molecule has 0 radical (unpaired) electrons. The molecule has 0 amide bonds. The molecule has 0 atom stereocenters. The third-order valence-corrected chi connectivity index (χ3v) is 4.40. The quantitative estimate of drug-likeness (QED) is 0.904. The highest BCUT2D eigenvalue weighted by molar-refractivity contribution is 5.84. The number of imidazole rings is 1. The van der Waals surface area contributed by atoms with Crippen LogP contribution >= 0.6 is 0 Å². The van der Waals surface area contributed by atoms with Crippen molar-refractivity contribution in [2.45, 2.75) is 52.0 Å².